The van der Waals surface area contributed by atoms with E-state index in [4.69, 9.17) is 9.84 Å². The Morgan fingerprint density at radius 2 is 1.79 bits per heavy atom. The van der Waals surface area contributed by atoms with Gasteiger partial charge in [-0.2, -0.15) is 0 Å². The number of allylic oxidation sites excluding steroid dienone is 3. The van der Waals surface area contributed by atoms with E-state index in [0.29, 0.717) is 11.8 Å². The number of benzene rings is 1. The van der Waals surface area contributed by atoms with Crippen molar-refractivity contribution in [3.05, 3.63) is 52.6 Å². The molecule has 1 saturated carbocycles. The van der Waals surface area contributed by atoms with Crippen LogP contribution < -0.4 is 4.74 Å². The predicted octanol–water partition coefficient (Wildman–Crippen LogP) is 6.12. The first kappa shape index (κ1) is 20.7. The van der Waals surface area contributed by atoms with Gasteiger partial charge in [0.25, 0.3) is 0 Å². The molecule has 0 amide bonds. The van der Waals surface area contributed by atoms with Crippen LogP contribution in [0.15, 0.2) is 35.9 Å². The Hall–Kier alpha value is -2.03. The van der Waals surface area contributed by atoms with Crippen LogP contribution in [0.2, 0.25) is 0 Å². The van der Waals surface area contributed by atoms with Crippen LogP contribution in [0.3, 0.4) is 0 Å². The third-order valence-corrected chi connectivity index (χ3v) is 6.70. The first-order valence-corrected chi connectivity index (χ1v) is 10.4. The van der Waals surface area contributed by atoms with E-state index in [-0.39, 0.29) is 10.8 Å². The standard InChI is InChI=1S/C25H34O3/c1-16(12-23(26)27)8-7-9-17-13-18(17)19-14-20-21(15-22(19)28-6)25(4,5)11-10-24(20,2)3/h7-8,12,14-15,17-18H,9-11,13H2,1-6H3,(H,26,27)/b8-7+,16-12+. The largest absolute Gasteiger partial charge is 0.496 e. The Morgan fingerprint density at radius 1 is 1.18 bits per heavy atom. The first-order chi connectivity index (χ1) is 13.0. The Bertz CT molecular complexity index is 826. The Morgan fingerprint density at radius 3 is 2.36 bits per heavy atom. The normalized spacial score (nSPS) is 25.4. The first-order valence-electron chi connectivity index (χ1n) is 10.4. The molecule has 28 heavy (non-hydrogen) atoms. The van der Waals surface area contributed by atoms with Crippen LogP contribution in [-0.2, 0) is 15.6 Å². The molecule has 3 nitrogen and oxygen atoms in total. The lowest BCUT2D eigenvalue weighted by Crippen LogP contribution is -2.34. The molecule has 0 aliphatic heterocycles. The van der Waals surface area contributed by atoms with Crippen molar-refractivity contribution in [1.82, 2.24) is 0 Å². The summed E-state index contributed by atoms with van der Waals surface area (Å²) in [7, 11) is 1.78. The quantitative estimate of drug-likeness (QED) is 0.476. The number of hydrogen-bond donors (Lipinski definition) is 1. The number of carboxylic acid groups (broad SMARTS) is 1. The molecule has 2 aliphatic carbocycles. The molecule has 152 valence electrons. The van der Waals surface area contributed by atoms with Gasteiger partial charge in [-0.15, -0.1) is 0 Å². The molecule has 3 rings (SSSR count). The lowest BCUT2D eigenvalue weighted by atomic mass is 9.62. The van der Waals surface area contributed by atoms with Crippen molar-refractivity contribution >= 4 is 5.97 Å². The smallest absolute Gasteiger partial charge is 0.328 e. The summed E-state index contributed by atoms with van der Waals surface area (Å²) in [6.07, 6.45) is 9.84. The van der Waals surface area contributed by atoms with Gasteiger partial charge in [0.15, 0.2) is 0 Å². The van der Waals surface area contributed by atoms with Gasteiger partial charge in [0, 0.05) is 6.08 Å². The van der Waals surface area contributed by atoms with Crippen LogP contribution in [0.1, 0.15) is 82.9 Å². The average Bonchev–Trinajstić information content (AvgIpc) is 3.36. The summed E-state index contributed by atoms with van der Waals surface area (Å²) >= 11 is 0. The fraction of sp³-hybridized carbons (Fsp3) is 0.560. The highest BCUT2D eigenvalue weighted by atomic mass is 16.5. The molecule has 2 atom stereocenters. The van der Waals surface area contributed by atoms with Crippen LogP contribution >= 0.6 is 0 Å². The maximum atomic E-state index is 10.7. The van der Waals surface area contributed by atoms with Gasteiger partial charge in [0.05, 0.1) is 7.11 Å². The van der Waals surface area contributed by atoms with E-state index in [0.717, 1.165) is 17.7 Å². The van der Waals surface area contributed by atoms with Crippen molar-refractivity contribution in [1.29, 1.82) is 0 Å². The van der Waals surface area contributed by atoms with Gasteiger partial charge in [-0.05, 0) is 83.6 Å². The molecule has 0 radical (unpaired) electrons. The second-order valence-corrected chi connectivity index (χ2v) is 9.87. The van der Waals surface area contributed by atoms with E-state index in [9.17, 15) is 4.79 Å². The molecule has 0 saturated heterocycles. The van der Waals surface area contributed by atoms with E-state index < -0.39 is 5.97 Å². The van der Waals surface area contributed by atoms with Gasteiger partial charge in [0.2, 0.25) is 0 Å². The maximum absolute atomic E-state index is 10.7. The maximum Gasteiger partial charge on any atom is 0.328 e. The van der Waals surface area contributed by atoms with E-state index in [2.05, 4.69) is 45.9 Å². The van der Waals surface area contributed by atoms with Crippen LogP contribution in [0.25, 0.3) is 0 Å². The summed E-state index contributed by atoms with van der Waals surface area (Å²) < 4.78 is 5.82. The molecular weight excluding hydrogens is 348 g/mol. The fourth-order valence-electron chi connectivity index (χ4n) is 4.64. The highest BCUT2D eigenvalue weighted by molar-refractivity contribution is 5.81. The van der Waals surface area contributed by atoms with Crippen molar-refractivity contribution in [3.8, 4) is 5.75 Å². The van der Waals surface area contributed by atoms with Crippen LogP contribution in [-0.4, -0.2) is 18.2 Å². The van der Waals surface area contributed by atoms with Crippen molar-refractivity contribution < 1.29 is 14.6 Å². The van der Waals surface area contributed by atoms with E-state index >= 15 is 0 Å². The second-order valence-electron chi connectivity index (χ2n) is 9.87. The minimum Gasteiger partial charge on any atom is -0.496 e. The number of carbonyl (C=O) groups is 1. The van der Waals surface area contributed by atoms with Crippen molar-refractivity contribution in [2.75, 3.05) is 7.11 Å². The summed E-state index contributed by atoms with van der Waals surface area (Å²) in [4.78, 5) is 10.7. The summed E-state index contributed by atoms with van der Waals surface area (Å²) in [5.74, 6) is 1.29. The fourth-order valence-corrected chi connectivity index (χ4v) is 4.64. The Labute approximate surface area is 169 Å². The van der Waals surface area contributed by atoms with Crippen molar-refractivity contribution in [2.24, 2.45) is 5.92 Å². The minimum absolute atomic E-state index is 0.191. The van der Waals surface area contributed by atoms with Gasteiger partial charge in [-0.3, -0.25) is 0 Å². The number of ether oxygens (including phenoxy) is 1. The zero-order valence-corrected chi connectivity index (χ0v) is 18.1. The van der Waals surface area contributed by atoms with Crippen LogP contribution in [0, 0.1) is 5.92 Å². The topological polar surface area (TPSA) is 46.5 Å². The summed E-state index contributed by atoms with van der Waals surface area (Å²) in [5, 5.41) is 8.80. The molecule has 2 aliphatic rings. The van der Waals surface area contributed by atoms with Gasteiger partial charge in [-0.25, -0.2) is 4.79 Å². The molecular formula is C25H34O3. The zero-order chi connectivity index (χ0) is 20.7. The monoisotopic (exact) mass is 382 g/mol. The van der Waals surface area contributed by atoms with Gasteiger partial charge >= 0.3 is 5.97 Å². The second kappa shape index (κ2) is 7.42. The van der Waals surface area contributed by atoms with Crippen molar-refractivity contribution in [3.63, 3.8) is 0 Å². The molecule has 0 heterocycles. The highest BCUT2D eigenvalue weighted by Gasteiger charge is 2.42. The molecule has 1 aromatic rings. The molecule has 0 bridgehead atoms. The minimum atomic E-state index is -0.893. The van der Waals surface area contributed by atoms with Crippen LogP contribution in [0.4, 0.5) is 0 Å². The molecule has 1 aromatic carbocycles. The summed E-state index contributed by atoms with van der Waals surface area (Å²) in [6, 6.07) is 4.73. The molecule has 2 unspecified atom stereocenters. The predicted molar refractivity (Wildman–Crippen MR) is 114 cm³/mol. The number of hydrogen-bond acceptors (Lipinski definition) is 2. The Balaban J connectivity index is 1.82. The summed E-state index contributed by atoms with van der Waals surface area (Å²) in [5.41, 5.74) is 5.45. The lowest BCUT2D eigenvalue weighted by Gasteiger charge is -2.42. The van der Waals surface area contributed by atoms with Gasteiger partial charge in [0.1, 0.15) is 5.75 Å². The third kappa shape index (κ3) is 4.19. The average molecular weight is 383 g/mol. The molecule has 3 heteroatoms. The Kier molecular flexibility index (Phi) is 5.49. The number of rotatable bonds is 6. The number of carboxylic acids is 1. The number of methoxy groups -OCH3 is 1. The van der Waals surface area contributed by atoms with Crippen LogP contribution in [0.5, 0.6) is 5.75 Å². The highest BCUT2D eigenvalue weighted by Crippen LogP contribution is 2.55. The summed E-state index contributed by atoms with van der Waals surface area (Å²) in [6.45, 7) is 11.2. The molecule has 1 fully saturated rings. The SMILES string of the molecule is COc1cc2c(cc1C1CC1C/C=C/C(C)=C/C(=O)O)C(C)(C)CCC2(C)C. The number of aliphatic carboxylic acids is 1. The molecule has 1 N–H and O–H groups in total. The van der Waals surface area contributed by atoms with E-state index in [1.807, 2.05) is 13.0 Å². The van der Waals surface area contributed by atoms with Gasteiger partial charge < -0.3 is 9.84 Å². The molecule has 0 spiro atoms. The lowest BCUT2D eigenvalue weighted by molar-refractivity contribution is -0.131. The van der Waals surface area contributed by atoms with E-state index in [1.54, 1.807) is 7.11 Å². The number of fused-ring (bicyclic) bond motifs is 1. The molecule has 0 aromatic heterocycles. The van der Waals surface area contributed by atoms with Gasteiger partial charge in [-0.1, -0.05) is 45.9 Å². The third-order valence-electron chi connectivity index (χ3n) is 6.70. The van der Waals surface area contributed by atoms with E-state index in [1.165, 1.54) is 42.0 Å². The van der Waals surface area contributed by atoms with Crippen molar-refractivity contribution in [2.45, 2.75) is 77.0 Å². The zero-order valence-electron chi connectivity index (χ0n) is 18.1.